The first kappa shape index (κ1) is 12.3. The summed E-state index contributed by atoms with van der Waals surface area (Å²) in [5.74, 6) is 0. The van der Waals surface area contributed by atoms with Crippen molar-refractivity contribution in [3.05, 3.63) is 44.5 Å². The number of allylic oxidation sites excluding steroid dienone is 2. The van der Waals surface area contributed by atoms with Crippen molar-refractivity contribution >= 4 is 10.0 Å². The lowest BCUT2D eigenvalue weighted by Crippen LogP contribution is -2.58. The zero-order chi connectivity index (χ0) is 12.6. The van der Waals surface area contributed by atoms with Crippen LogP contribution in [-0.2, 0) is 10.0 Å². The molecule has 2 N–H and O–H groups in total. The van der Waals surface area contributed by atoms with Gasteiger partial charge in [0.1, 0.15) is 9.85 Å². The van der Waals surface area contributed by atoms with Crippen molar-refractivity contribution in [2.75, 3.05) is 0 Å². The molecule has 0 radical (unpaired) electrons. The van der Waals surface area contributed by atoms with Crippen molar-refractivity contribution < 1.29 is 18.3 Å². The van der Waals surface area contributed by atoms with Crippen LogP contribution in [0.1, 0.15) is 0 Å². The molecule has 0 amide bonds. The highest BCUT2D eigenvalue weighted by Crippen LogP contribution is 2.27. The maximum absolute atomic E-state index is 11.1. The van der Waals surface area contributed by atoms with Crippen molar-refractivity contribution in [2.24, 2.45) is 5.14 Å². The van der Waals surface area contributed by atoms with E-state index >= 15 is 0 Å². The summed E-state index contributed by atoms with van der Waals surface area (Å²) < 4.78 is 22.2. The van der Waals surface area contributed by atoms with Crippen LogP contribution in [0.5, 0.6) is 0 Å². The van der Waals surface area contributed by atoms with Crippen molar-refractivity contribution in [1.29, 1.82) is 0 Å². The lowest BCUT2D eigenvalue weighted by molar-refractivity contribution is -0.778. The number of sulfonamides is 1. The van der Waals surface area contributed by atoms with Gasteiger partial charge in [-0.3, -0.25) is 20.2 Å². The Bertz CT molecular complexity index is 478. The first-order valence-corrected chi connectivity index (χ1v) is 5.50. The lowest BCUT2D eigenvalue weighted by Gasteiger charge is -2.20. The summed E-state index contributed by atoms with van der Waals surface area (Å²) in [6.07, 6.45) is 3.61. The molecule has 0 fully saturated rings. The molecule has 1 aliphatic rings. The third-order valence-electron chi connectivity index (χ3n) is 2.10. The fourth-order valence-electron chi connectivity index (χ4n) is 1.35. The van der Waals surface area contributed by atoms with E-state index < -0.39 is 30.8 Å². The Balaban J connectivity index is 3.48. The molecule has 10 heteroatoms. The Morgan fingerprint density at radius 2 is 1.69 bits per heavy atom. The molecular weight excluding hydrogens is 242 g/mol. The molecule has 16 heavy (non-hydrogen) atoms. The summed E-state index contributed by atoms with van der Waals surface area (Å²) in [4.78, 5) is 18.9. The molecule has 0 aromatic carbocycles. The van der Waals surface area contributed by atoms with E-state index in [1.54, 1.807) is 0 Å². The van der Waals surface area contributed by atoms with Gasteiger partial charge in [0.25, 0.3) is 0 Å². The van der Waals surface area contributed by atoms with Gasteiger partial charge in [0, 0.05) is 0 Å². The Morgan fingerprint density at radius 3 is 2.00 bits per heavy atom. The van der Waals surface area contributed by atoms with E-state index in [4.69, 9.17) is 5.14 Å². The zero-order valence-corrected chi connectivity index (χ0v) is 8.53. The summed E-state index contributed by atoms with van der Waals surface area (Å²) in [7, 11) is -4.44. The van der Waals surface area contributed by atoms with Crippen LogP contribution in [0.4, 0.5) is 0 Å². The van der Waals surface area contributed by atoms with E-state index in [-0.39, 0.29) is 0 Å². The van der Waals surface area contributed by atoms with Crippen molar-refractivity contribution in [3.63, 3.8) is 0 Å². The van der Waals surface area contributed by atoms with Crippen LogP contribution in [0.15, 0.2) is 24.3 Å². The van der Waals surface area contributed by atoms with Crippen LogP contribution >= 0.6 is 0 Å². The van der Waals surface area contributed by atoms with E-state index in [1.807, 2.05) is 0 Å². The fourth-order valence-corrected chi connectivity index (χ4v) is 2.39. The molecule has 0 aromatic heterocycles. The average molecular weight is 249 g/mol. The molecule has 0 spiro atoms. The zero-order valence-electron chi connectivity index (χ0n) is 7.72. The lowest BCUT2D eigenvalue weighted by atomic mass is 10.0. The molecule has 9 nitrogen and oxygen atoms in total. The van der Waals surface area contributed by atoms with E-state index in [0.29, 0.717) is 6.08 Å². The number of rotatable bonds is 3. The quantitative estimate of drug-likeness (QED) is 0.386. The van der Waals surface area contributed by atoms with Crippen molar-refractivity contribution in [2.45, 2.75) is 10.9 Å². The SMILES string of the molecule is NS(=O)(=O)C1C=CC=CC1([N+](=O)[O-])[N+](=O)[O-]. The standard InChI is InChI=1S/C6H7N3O6S/c7-16(14,15)5-3-1-2-4-6(5,8(10)11)9(12)13/h1-5H,(H2,7,14,15). The number of nitrogens with zero attached hydrogens (tertiary/aromatic N) is 2. The van der Waals surface area contributed by atoms with Gasteiger partial charge < -0.3 is 0 Å². The molecule has 1 unspecified atom stereocenters. The second kappa shape index (κ2) is 3.64. The van der Waals surface area contributed by atoms with E-state index in [0.717, 1.165) is 18.2 Å². The van der Waals surface area contributed by atoms with Gasteiger partial charge in [-0.25, -0.2) is 13.6 Å². The number of hydrogen-bond acceptors (Lipinski definition) is 6. The Kier molecular flexibility index (Phi) is 2.79. The number of primary sulfonamides is 1. The molecule has 0 aromatic rings. The normalized spacial score (nSPS) is 22.9. The van der Waals surface area contributed by atoms with Gasteiger partial charge in [-0.1, -0.05) is 12.2 Å². The highest BCUT2D eigenvalue weighted by atomic mass is 32.2. The van der Waals surface area contributed by atoms with E-state index in [1.165, 1.54) is 0 Å². The van der Waals surface area contributed by atoms with Crippen LogP contribution in [0.25, 0.3) is 0 Å². The summed E-state index contributed by atoms with van der Waals surface area (Å²) in [5.41, 5.74) is -2.96. The largest absolute Gasteiger partial charge is 0.499 e. The molecule has 0 saturated carbocycles. The first-order chi connectivity index (χ1) is 7.23. The molecule has 1 atom stereocenters. The number of hydrogen-bond donors (Lipinski definition) is 1. The summed E-state index contributed by atoms with van der Waals surface area (Å²) in [6.45, 7) is 0. The molecule has 1 rings (SSSR count). The fraction of sp³-hybridized carbons (Fsp3) is 0.333. The molecule has 1 aliphatic carbocycles. The van der Waals surface area contributed by atoms with Crippen LogP contribution in [0, 0.1) is 20.2 Å². The van der Waals surface area contributed by atoms with E-state index in [2.05, 4.69) is 0 Å². The van der Waals surface area contributed by atoms with Crippen LogP contribution in [-0.4, -0.2) is 29.2 Å². The van der Waals surface area contributed by atoms with Gasteiger partial charge in [0.2, 0.25) is 15.3 Å². The third kappa shape index (κ3) is 1.67. The minimum atomic E-state index is -4.44. The summed E-state index contributed by atoms with van der Waals surface area (Å²) >= 11 is 0. The smallest absolute Gasteiger partial charge is 0.258 e. The van der Waals surface area contributed by atoms with Crippen LogP contribution in [0.3, 0.4) is 0 Å². The number of nitrogens with two attached hydrogens (primary N) is 1. The predicted molar refractivity (Wildman–Crippen MR) is 51.9 cm³/mol. The topological polar surface area (TPSA) is 146 Å². The molecule has 0 heterocycles. The van der Waals surface area contributed by atoms with Gasteiger partial charge in [-0.15, -0.1) is 0 Å². The van der Waals surface area contributed by atoms with Gasteiger partial charge in [-0.05, 0) is 6.08 Å². The molecule has 0 saturated heterocycles. The Labute approximate surface area is 89.6 Å². The van der Waals surface area contributed by atoms with E-state index in [9.17, 15) is 28.6 Å². The van der Waals surface area contributed by atoms with Crippen LogP contribution < -0.4 is 5.14 Å². The van der Waals surface area contributed by atoms with Gasteiger partial charge in [0.05, 0.1) is 6.08 Å². The highest BCUT2D eigenvalue weighted by molar-refractivity contribution is 7.90. The molecule has 0 bridgehead atoms. The number of nitro groups is 2. The minimum absolute atomic E-state index is 0.599. The summed E-state index contributed by atoms with van der Waals surface area (Å²) in [5, 5.41) is 24.2. The highest BCUT2D eigenvalue weighted by Gasteiger charge is 2.65. The van der Waals surface area contributed by atoms with Crippen LogP contribution in [0.2, 0.25) is 0 Å². The average Bonchev–Trinajstić information content (AvgIpc) is 2.15. The van der Waals surface area contributed by atoms with Gasteiger partial charge in [0.15, 0.2) is 0 Å². The van der Waals surface area contributed by atoms with Gasteiger partial charge >= 0.3 is 5.66 Å². The molecule has 88 valence electrons. The van der Waals surface area contributed by atoms with Gasteiger partial charge in [-0.2, -0.15) is 0 Å². The van der Waals surface area contributed by atoms with Crippen molar-refractivity contribution in [3.8, 4) is 0 Å². The Morgan fingerprint density at radius 1 is 1.19 bits per heavy atom. The maximum atomic E-state index is 11.1. The first-order valence-electron chi connectivity index (χ1n) is 3.89. The maximum Gasteiger partial charge on any atom is 0.499 e. The third-order valence-corrected chi connectivity index (χ3v) is 3.31. The molecule has 0 aliphatic heterocycles. The predicted octanol–water partition coefficient (Wildman–Crippen LogP) is -0.981. The second-order valence-corrected chi connectivity index (χ2v) is 4.74. The second-order valence-electron chi connectivity index (χ2n) is 3.05. The van der Waals surface area contributed by atoms with Crippen molar-refractivity contribution in [1.82, 2.24) is 0 Å². The Hall–Kier alpha value is -1.81. The minimum Gasteiger partial charge on any atom is -0.258 e. The molecular formula is C6H7N3O6S. The summed E-state index contributed by atoms with van der Waals surface area (Å²) in [6, 6.07) is 0. The monoisotopic (exact) mass is 249 g/mol.